The average molecular weight is 413 g/mol. The number of rotatable bonds is 8. The second kappa shape index (κ2) is 33.9. The summed E-state index contributed by atoms with van der Waals surface area (Å²) in [6.45, 7) is 6.62. The second-order valence-electron chi connectivity index (χ2n) is 4.87. The Bertz CT molecular complexity index is 255. The van der Waals surface area contributed by atoms with E-state index >= 15 is 0 Å². The van der Waals surface area contributed by atoms with Gasteiger partial charge in [-0.05, 0) is 12.8 Å². The first kappa shape index (κ1) is 34.7. The van der Waals surface area contributed by atoms with Crippen LogP contribution in [0.4, 0.5) is 0 Å². The summed E-state index contributed by atoms with van der Waals surface area (Å²) in [6, 6.07) is 0. The molecule has 0 aromatic carbocycles. The molecule has 0 saturated carbocycles. The van der Waals surface area contributed by atoms with Gasteiger partial charge in [0.15, 0.2) is 0 Å². The third-order valence-electron chi connectivity index (χ3n) is 2.59. The molecule has 0 atom stereocenters. The van der Waals surface area contributed by atoms with Crippen LogP contribution < -0.4 is 24.8 Å². The Morgan fingerprint density at radius 3 is 1.87 bits per heavy atom. The molecule has 0 fully saturated rings. The maximum Gasteiger partial charge on any atom is 4.00 e. The molecule has 0 bridgehead atoms. The van der Waals surface area contributed by atoms with Crippen molar-refractivity contribution in [3.05, 3.63) is 30.0 Å². The van der Waals surface area contributed by atoms with Crippen molar-refractivity contribution in [3.63, 3.8) is 0 Å². The summed E-state index contributed by atoms with van der Waals surface area (Å²) in [7, 11) is 0.750. The molecule has 133 valence electrons. The van der Waals surface area contributed by atoms with E-state index in [2.05, 4.69) is 32.2 Å². The van der Waals surface area contributed by atoms with Crippen LogP contribution >= 0.6 is 0 Å². The standard InChI is InChI=1S/C10H21NO.C5H5.C2H7Si.2ClH.Ti/c1-2-3-4-5-6-7-8-9-10(11)12;1-2-4-5-3-1;1-3-2;;;/h2-9H2,1H3,(H2,11,12);1-3H,4H2;3H,1-2H3;2*1H;/q;-1;;;;+4/p-3. The van der Waals surface area contributed by atoms with E-state index in [1.165, 1.54) is 32.1 Å². The van der Waals surface area contributed by atoms with E-state index in [1.54, 1.807) is 0 Å². The third kappa shape index (κ3) is 45.0. The van der Waals surface area contributed by atoms with Gasteiger partial charge in [-0.1, -0.05) is 58.5 Å². The molecule has 1 aliphatic rings. The maximum atomic E-state index is 10.2. The van der Waals surface area contributed by atoms with E-state index in [1.807, 2.05) is 12.2 Å². The van der Waals surface area contributed by atoms with E-state index in [-0.39, 0.29) is 46.5 Å². The first-order valence-corrected chi connectivity index (χ1v) is 10.2. The fourth-order valence-corrected chi connectivity index (χ4v) is 1.58. The van der Waals surface area contributed by atoms with Crippen molar-refractivity contribution in [2.75, 3.05) is 0 Å². The van der Waals surface area contributed by atoms with Crippen LogP contribution in [0.2, 0.25) is 13.1 Å². The Hall–Kier alpha value is 0.461. The van der Waals surface area contributed by atoms with Crippen molar-refractivity contribution < 1.29 is 51.3 Å². The van der Waals surface area contributed by atoms with Gasteiger partial charge in [0.25, 0.3) is 0 Å². The number of allylic oxidation sites excluding steroid dienone is 4. The van der Waals surface area contributed by atoms with Gasteiger partial charge in [0, 0.05) is 15.4 Å². The second-order valence-corrected chi connectivity index (χ2v) is 6.03. The van der Waals surface area contributed by atoms with Gasteiger partial charge in [-0.3, -0.25) is 6.08 Å². The van der Waals surface area contributed by atoms with Crippen LogP contribution in [0.3, 0.4) is 0 Å². The van der Waals surface area contributed by atoms with Crippen LogP contribution in [0.5, 0.6) is 0 Å². The zero-order valence-electron chi connectivity index (χ0n) is 14.8. The predicted octanol–water partition coefficient (Wildman–Crippen LogP) is -0.464. The number of carbonyl (C=O) groups excluding carboxylic acids is 1. The fourth-order valence-electron chi connectivity index (χ4n) is 1.58. The van der Waals surface area contributed by atoms with Crippen molar-refractivity contribution in [1.82, 2.24) is 0 Å². The van der Waals surface area contributed by atoms with Gasteiger partial charge in [0.05, 0.1) is 0 Å². The molecular weight excluding hydrogens is 381 g/mol. The smallest absolute Gasteiger partial charge is 1.00 e. The molecule has 0 saturated heterocycles. The van der Waals surface area contributed by atoms with Crippen molar-refractivity contribution >= 4 is 15.4 Å². The Morgan fingerprint density at radius 1 is 1.09 bits per heavy atom. The SMILES string of the molecule is CCCCCCCCCC([NH-])=O.C[SiH]C.[C-]1=CC=CC1.[Cl-].[Cl-].[Ti+4]. The van der Waals surface area contributed by atoms with Gasteiger partial charge >= 0.3 is 21.7 Å². The monoisotopic (exact) mass is 412 g/mol. The maximum absolute atomic E-state index is 10.2. The number of unbranched alkanes of at least 4 members (excludes halogenated alkanes) is 6. The molecule has 1 aliphatic carbocycles. The summed E-state index contributed by atoms with van der Waals surface area (Å²) >= 11 is 0. The molecule has 0 aliphatic heterocycles. The van der Waals surface area contributed by atoms with Crippen LogP contribution in [-0.4, -0.2) is 15.4 Å². The van der Waals surface area contributed by atoms with Crippen molar-refractivity contribution in [2.24, 2.45) is 0 Å². The van der Waals surface area contributed by atoms with Crippen LogP contribution in [-0.2, 0) is 26.5 Å². The van der Waals surface area contributed by atoms with E-state index in [9.17, 15) is 4.79 Å². The van der Waals surface area contributed by atoms with Crippen LogP contribution in [0.1, 0.15) is 64.7 Å². The van der Waals surface area contributed by atoms with E-state index in [0.717, 1.165) is 28.8 Å². The summed E-state index contributed by atoms with van der Waals surface area (Å²) in [5.41, 5.74) is 6.69. The minimum Gasteiger partial charge on any atom is -1.00 e. The van der Waals surface area contributed by atoms with Gasteiger partial charge in [-0.2, -0.15) is 6.08 Å². The number of carbonyl (C=O) groups is 1. The normalized spacial score (nSPS) is 9.87. The minimum atomic E-state index is -0.413. The van der Waals surface area contributed by atoms with E-state index < -0.39 is 5.91 Å². The van der Waals surface area contributed by atoms with Crippen LogP contribution in [0.15, 0.2) is 18.2 Å². The molecule has 1 N–H and O–H groups in total. The summed E-state index contributed by atoms with van der Waals surface area (Å²) in [5, 5.41) is 0. The van der Waals surface area contributed by atoms with Crippen LogP contribution in [0.25, 0.3) is 5.73 Å². The fraction of sp³-hybridized carbons (Fsp3) is 0.706. The number of halogens is 2. The Morgan fingerprint density at radius 2 is 1.57 bits per heavy atom. The molecule has 6 heteroatoms. The largest absolute Gasteiger partial charge is 4.00 e. The van der Waals surface area contributed by atoms with Crippen LogP contribution in [0, 0.1) is 6.08 Å². The quantitative estimate of drug-likeness (QED) is 0.302. The van der Waals surface area contributed by atoms with E-state index in [4.69, 9.17) is 5.73 Å². The predicted molar refractivity (Wildman–Crippen MR) is 92.4 cm³/mol. The molecule has 1 radical (unpaired) electrons. The summed E-state index contributed by atoms with van der Waals surface area (Å²) in [6.07, 6.45) is 18.9. The number of hydrogen-bond acceptors (Lipinski definition) is 1. The van der Waals surface area contributed by atoms with E-state index in [0.29, 0.717) is 6.42 Å². The number of nitrogens with one attached hydrogen (secondary N) is 1. The Balaban J connectivity index is -0.0000000827. The molecule has 0 heterocycles. The zero-order chi connectivity index (χ0) is 15.5. The molecule has 1 rings (SSSR count). The first-order valence-electron chi connectivity index (χ1n) is 7.89. The first-order chi connectivity index (χ1) is 9.68. The molecule has 2 nitrogen and oxygen atoms in total. The molecular formula is C17H32Cl2NOSiTi. The minimum absolute atomic E-state index is 0. The van der Waals surface area contributed by atoms with Crippen molar-refractivity contribution in [3.8, 4) is 0 Å². The zero-order valence-corrected chi connectivity index (χ0v) is 19.1. The third-order valence-corrected chi connectivity index (χ3v) is 2.59. The molecule has 0 aromatic heterocycles. The molecule has 1 amide bonds. The van der Waals surface area contributed by atoms with Crippen molar-refractivity contribution in [1.29, 1.82) is 0 Å². The van der Waals surface area contributed by atoms with Gasteiger partial charge in [-0.25, -0.2) is 12.2 Å². The number of amides is 1. The van der Waals surface area contributed by atoms with Crippen molar-refractivity contribution in [2.45, 2.75) is 77.8 Å². The Kier molecular flexibility index (Phi) is 51.2. The molecule has 0 unspecified atom stereocenters. The van der Waals surface area contributed by atoms with Gasteiger partial charge in [0.2, 0.25) is 0 Å². The molecule has 0 aromatic rings. The summed E-state index contributed by atoms with van der Waals surface area (Å²) in [4.78, 5) is 10.2. The molecule has 0 spiro atoms. The van der Waals surface area contributed by atoms with Gasteiger partial charge < -0.3 is 35.3 Å². The topological polar surface area (TPSA) is 40.9 Å². The average Bonchev–Trinajstić information content (AvgIpc) is 2.97. The Labute approximate surface area is 174 Å². The van der Waals surface area contributed by atoms with Gasteiger partial charge in [0.1, 0.15) is 0 Å². The summed E-state index contributed by atoms with van der Waals surface area (Å²) in [5.74, 6) is -0.413. The molecule has 23 heavy (non-hydrogen) atoms. The number of hydrogen-bond donors (Lipinski definition) is 0. The summed E-state index contributed by atoms with van der Waals surface area (Å²) < 4.78 is 0. The van der Waals surface area contributed by atoms with Gasteiger partial charge in [-0.15, -0.1) is 6.42 Å².